The van der Waals surface area contributed by atoms with E-state index in [1.54, 1.807) is 6.33 Å². The van der Waals surface area contributed by atoms with Gasteiger partial charge in [0.25, 0.3) is 0 Å². The molecule has 6 heteroatoms. The maximum atomic E-state index is 6.27. The van der Waals surface area contributed by atoms with Gasteiger partial charge in [0.2, 0.25) is 0 Å². The molecule has 0 spiro atoms. The molecule has 0 amide bonds. The number of anilines is 3. The van der Waals surface area contributed by atoms with Gasteiger partial charge in [-0.2, -0.15) is 0 Å². The molecule has 2 N–H and O–H groups in total. The fraction of sp³-hybridized carbons (Fsp3) is 0.333. The molecule has 0 atom stereocenters. The first-order chi connectivity index (χ1) is 10.2. The molecule has 0 aliphatic carbocycles. The van der Waals surface area contributed by atoms with E-state index in [-0.39, 0.29) is 0 Å². The largest absolute Gasteiger partial charge is 0.370 e. The average molecular weight is 417 g/mol. The number of benzene rings is 1. The molecule has 0 aliphatic heterocycles. The predicted octanol–water partition coefficient (Wildman–Crippen LogP) is 4.86. The first-order valence-electron chi connectivity index (χ1n) is 6.95. The standard InChI is InChI=1S/C15H18ClIN4/c1-3-7-18-14-11(4-2)15(20-9-19-14)21-13-6-5-10(17)8-12(13)16/h5-6,8-9H,3-4,7H2,1-2H3,(H2,18,19,20,21). The van der Waals surface area contributed by atoms with Crippen molar-refractivity contribution in [2.24, 2.45) is 0 Å². The topological polar surface area (TPSA) is 49.8 Å². The van der Waals surface area contributed by atoms with E-state index in [1.165, 1.54) is 0 Å². The van der Waals surface area contributed by atoms with Crippen LogP contribution in [0.15, 0.2) is 24.5 Å². The lowest BCUT2D eigenvalue weighted by Crippen LogP contribution is -2.08. The van der Waals surface area contributed by atoms with E-state index in [4.69, 9.17) is 11.6 Å². The van der Waals surface area contributed by atoms with Gasteiger partial charge in [-0.15, -0.1) is 0 Å². The van der Waals surface area contributed by atoms with Crippen LogP contribution in [-0.4, -0.2) is 16.5 Å². The Balaban J connectivity index is 2.30. The molecule has 21 heavy (non-hydrogen) atoms. The Morgan fingerprint density at radius 3 is 2.62 bits per heavy atom. The zero-order chi connectivity index (χ0) is 15.2. The summed E-state index contributed by atoms with van der Waals surface area (Å²) in [7, 11) is 0. The van der Waals surface area contributed by atoms with Crippen LogP contribution in [0.25, 0.3) is 0 Å². The fourth-order valence-corrected chi connectivity index (χ4v) is 2.87. The summed E-state index contributed by atoms with van der Waals surface area (Å²) in [5, 5.41) is 7.33. The average Bonchev–Trinajstić information content (AvgIpc) is 2.48. The summed E-state index contributed by atoms with van der Waals surface area (Å²) in [5.74, 6) is 1.69. The smallest absolute Gasteiger partial charge is 0.139 e. The monoisotopic (exact) mass is 416 g/mol. The molecular weight excluding hydrogens is 399 g/mol. The quantitative estimate of drug-likeness (QED) is 0.660. The third-order valence-corrected chi connectivity index (χ3v) is 4.01. The van der Waals surface area contributed by atoms with E-state index < -0.39 is 0 Å². The number of rotatable bonds is 6. The van der Waals surface area contributed by atoms with Crippen LogP contribution in [0.3, 0.4) is 0 Å². The molecule has 1 aromatic heterocycles. The van der Waals surface area contributed by atoms with E-state index >= 15 is 0 Å². The highest BCUT2D eigenvalue weighted by Gasteiger charge is 2.11. The Morgan fingerprint density at radius 1 is 1.19 bits per heavy atom. The van der Waals surface area contributed by atoms with Gasteiger partial charge in [-0.1, -0.05) is 25.4 Å². The summed E-state index contributed by atoms with van der Waals surface area (Å²) in [4.78, 5) is 8.68. The number of hydrogen-bond acceptors (Lipinski definition) is 4. The Morgan fingerprint density at radius 2 is 1.95 bits per heavy atom. The highest BCUT2D eigenvalue weighted by atomic mass is 127. The van der Waals surface area contributed by atoms with Gasteiger partial charge in [0, 0.05) is 15.7 Å². The summed E-state index contributed by atoms with van der Waals surface area (Å²) < 4.78 is 1.10. The summed E-state index contributed by atoms with van der Waals surface area (Å²) in [6.45, 7) is 5.12. The van der Waals surface area contributed by atoms with Crippen LogP contribution in [0.4, 0.5) is 17.3 Å². The van der Waals surface area contributed by atoms with Crippen molar-refractivity contribution in [2.75, 3.05) is 17.2 Å². The zero-order valence-corrected chi connectivity index (χ0v) is 15.0. The predicted molar refractivity (Wildman–Crippen MR) is 97.6 cm³/mol. The summed E-state index contributed by atoms with van der Waals surface area (Å²) in [6.07, 6.45) is 3.47. The number of nitrogens with zero attached hydrogens (tertiary/aromatic N) is 2. The molecule has 1 heterocycles. The lowest BCUT2D eigenvalue weighted by Gasteiger charge is -2.15. The molecule has 0 aliphatic rings. The van der Waals surface area contributed by atoms with Gasteiger partial charge in [-0.3, -0.25) is 0 Å². The Kier molecular flexibility index (Phi) is 6.05. The van der Waals surface area contributed by atoms with Gasteiger partial charge in [0.1, 0.15) is 18.0 Å². The maximum absolute atomic E-state index is 6.27. The Bertz CT molecular complexity index is 619. The summed E-state index contributed by atoms with van der Waals surface area (Å²) >= 11 is 8.51. The highest BCUT2D eigenvalue weighted by Crippen LogP contribution is 2.29. The number of hydrogen-bond donors (Lipinski definition) is 2. The molecule has 0 fully saturated rings. The molecule has 112 valence electrons. The number of halogens is 2. The molecule has 0 unspecified atom stereocenters. The van der Waals surface area contributed by atoms with Crippen LogP contribution >= 0.6 is 34.2 Å². The molecule has 0 radical (unpaired) electrons. The van der Waals surface area contributed by atoms with Gasteiger partial charge in [-0.05, 0) is 53.6 Å². The minimum absolute atomic E-state index is 0.686. The van der Waals surface area contributed by atoms with Crippen molar-refractivity contribution >= 4 is 51.5 Å². The third-order valence-electron chi connectivity index (χ3n) is 3.03. The van der Waals surface area contributed by atoms with Crippen molar-refractivity contribution in [3.63, 3.8) is 0 Å². The van der Waals surface area contributed by atoms with Crippen molar-refractivity contribution in [3.05, 3.63) is 38.7 Å². The van der Waals surface area contributed by atoms with E-state index in [1.807, 2.05) is 18.2 Å². The van der Waals surface area contributed by atoms with Gasteiger partial charge >= 0.3 is 0 Å². The fourth-order valence-electron chi connectivity index (χ4n) is 1.97. The van der Waals surface area contributed by atoms with E-state index in [2.05, 4.69) is 57.0 Å². The van der Waals surface area contributed by atoms with Crippen LogP contribution in [0.5, 0.6) is 0 Å². The molecular formula is C15H18ClIN4. The van der Waals surface area contributed by atoms with E-state index in [0.717, 1.165) is 45.8 Å². The minimum atomic E-state index is 0.686. The van der Waals surface area contributed by atoms with Crippen LogP contribution in [0.1, 0.15) is 25.8 Å². The molecule has 1 aromatic carbocycles. The summed E-state index contributed by atoms with van der Waals surface area (Å²) in [5.41, 5.74) is 1.92. The highest BCUT2D eigenvalue weighted by molar-refractivity contribution is 14.1. The van der Waals surface area contributed by atoms with Crippen LogP contribution < -0.4 is 10.6 Å². The Labute approximate surface area is 143 Å². The van der Waals surface area contributed by atoms with E-state index in [9.17, 15) is 0 Å². The third kappa shape index (κ3) is 4.20. The maximum Gasteiger partial charge on any atom is 0.139 e. The lowest BCUT2D eigenvalue weighted by atomic mass is 10.2. The van der Waals surface area contributed by atoms with Crippen LogP contribution in [-0.2, 0) is 6.42 Å². The first-order valence-corrected chi connectivity index (χ1v) is 8.41. The molecule has 0 saturated heterocycles. The molecule has 2 rings (SSSR count). The summed E-state index contributed by atoms with van der Waals surface area (Å²) in [6, 6.07) is 5.90. The van der Waals surface area contributed by atoms with Crippen molar-refractivity contribution in [3.8, 4) is 0 Å². The normalized spacial score (nSPS) is 10.5. The van der Waals surface area contributed by atoms with Crippen LogP contribution in [0.2, 0.25) is 5.02 Å². The molecule has 0 saturated carbocycles. The zero-order valence-electron chi connectivity index (χ0n) is 12.1. The van der Waals surface area contributed by atoms with Gasteiger partial charge in [-0.25, -0.2) is 9.97 Å². The number of nitrogens with one attached hydrogen (secondary N) is 2. The number of aromatic nitrogens is 2. The minimum Gasteiger partial charge on any atom is -0.370 e. The molecule has 4 nitrogen and oxygen atoms in total. The lowest BCUT2D eigenvalue weighted by molar-refractivity contribution is 0.949. The van der Waals surface area contributed by atoms with Crippen molar-refractivity contribution in [1.82, 2.24) is 9.97 Å². The van der Waals surface area contributed by atoms with Crippen LogP contribution in [0, 0.1) is 3.57 Å². The van der Waals surface area contributed by atoms with E-state index in [0.29, 0.717) is 5.02 Å². The first kappa shape index (κ1) is 16.3. The molecule has 2 aromatic rings. The van der Waals surface area contributed by atoms with Crippen molar-refractivity contribution in [2.45, 2.75) is 26.7 Å². The second-order valence-electron chi connectivity index (χ2n) is 4.58. The van der Waals surface area contributed by atoms with Crippen molar-refractivity contribution < 1.29 is 0 Å². The Hall–Kier alpha value is -1.08. The van der Waals surface area contributed by atoms with Crippen molar-refractivity contribution in [1.29, 1.82) is 0 Å². The van der Waals surface area contributed by atoms with Gasteiger partial charge in [0.15, 0.2) is 0 Å². The van der Waals surface area contributed by atoms with Gasteiger partial charge in [0.05, 0.1) is 10.7 Å². The second-order valence-corrected chi connectivity index (χ2v) is 6.23. The van der Waals surface area contributed by atoms with Gasteiger partial charge < -0.3 is 10.6 Å². The second kappa shape index (κ2) is 7.79. The SMILES string of the molecule is CCCNc1ncnc(Nc2ccc(I)cc2Cl)c1CC. The molecule has 0 bridgehead atoms.